The fourth-order valence-corrected chi connectivity index (χ4v) is 0.130. The van der Waals surface area contributed by atoms with Crippen molar-refractivity contribution in [3.8, 4) is 41.9 Å². The predicted molar refractivity (Wildman–Crippen MR) is 31.5 cm³/mol. The maximum atomic E-state index is 6.30. The van der Waals surface area contributed by atoms with Gasteiger partial charge in [0.1, 0.15) is 0 Å². The summed E-state index contributed by atoms with van der Waals surface area (Å²) in [5, 5.41) is 0. The van der Waals surface area contributed by atoms with E-state index in [9.17, 15) is 0 Å². The number of terminal acetylenes is 1. The molecule has 0 heteroatoms. The average molecular weight is 97.1 g/mol. The van der Waals surface area contributed by atoms with E-state index in [1.165, 1.54) is 0 Å². The molecule has 0 atom stereocenters. The lowest BCUT2D eigenvalue weighted by Gasteiger charge is -1.62. The first-order valence-corrected chi connectivity index (χ1v) is 1.79. The van der Waals surface area contributed by atoms with Crippen LogP contribution in [0.5, 0.6) is 0 Å². The summed E-state index contributed by atoms with van der Waals surface area (Å²) in [5.74, 6) is 13.0. The fraction of sp³-hybridized carbons (Fsp3) is 0. The fourth-order valence-electron chi connectivity index (χ4n) is 0.130. The number of rotatable bonds is 0. The van der Waals surface area contributed by atoms with Gasteiger partial charge in [-0.2, -0.15) is 0 Å². The van der Waals surface area contributed by atoms with Crippen LogP contribution in [0.1, 0.15) is 0 Å². The van der Waals surface area contributed by atoms with Gasteiger partial charge in [0.05, 0.1) is 0 Å². The Morgan fingerprint density at radius 2 is 1.62 bits per heavy atom. The molecule has 0 bridgehead atoms. The molecule has 0 heterocycles. The van der Waals surface area contributed by atoms with E-state index in [2.05, 4.69) is 29.6 Å². The summed E-state index contributed by atoms with van der Waals surface area (Å²) in [6.45, 7) is 0. The van der Waals surface area contributed by atoms with E-state index in [4.69, 9.17) is 12.8 Å². The van der Waals surface area contributed by atoms with Crippen molar-refractivity contribution >= 4 is 0 Å². The Hall–Kier alpha value is -1.76. The van der Waals surface area contributed by atoms with Gasteiger partial charge in [-0.25, -0.2) is 5.92 Å². The van der Waals surface area contributed by atoms with Crippen LogP contribution in [-0.4, -0.2) is 0 Å². The molecule has 0 aliphatic heterocycles. The van der Waals surface area contributed by atoms with E-state index in [-0.39, 0.29) is 0 Å². The highest BCUT2D eigenvalue weighted by Crippen LogP contribution is 1.49. The van der Waals surface area contributed by atoms with Crippen LogP contribution in [0.2, 0.25) is 0 Å². The van der Waals surface area contributed by atoms with Crippen LogP contribution in [0.15, 0.2) is 0 Å². The molecule has 0 nitrogen and oxygen atoms in total. The lowest BCUT2D eigenvalue weighted by molar-refractivity contribution is 2.38. The van der Waals surface area contributed by atoms with Crippen molar-refractivity contribution in [2.45, 2.75) is 0 Å². The van der Waals surface area contributed by atoms with E-state index in [0.29, 0.717) is 0 Å². The minimum Gasteiger partial charge on any atom is -0.358 e. The molecule has 0 aliphatic rings. The van der Waals surface area contributed by atoms with Crippen LogP contribution in [0, 0.1) is 48.4 Å². The first kappa shape index (κ1) is 6.24. The van der Waals surface area contributed by atoms with Crippen molar-refractivity contribution in [1.29, 1.82) is 0 Å². The first-order valence-electron chi connectivity index (χ1n) is 1.79. The van der Waals surface area contributed by atoms with Gasteiger partial charge in [-0.3, -0.25) is 5.92 Å². The Morgan fingerprint density at radius 1 is 1.00 bits per heavy atom. The maximum Gasteiger partial charge on any atom is -0.00301 e. The van der Waals surface area contributed by atoms with Crippen molar-refractivity contribution in [2.24, 2.45) is 0 Å². The minimum absolute atomic E-state index is 1.84. The van der Waals surface area contributed by atoms with E-state index < -0.39 is 0 Å². The molecule has 0 saturated heterocycles. The lowest BCUT2D eigenvalue weighted by atomic mass is 10.5. The van der Waals surface area contributed by atoms with E-state index in [1.807, 2.05) is 5.92 Å². The Labute approximate surface area is 49.3 Å². The average Bonchev–Trinajstić information content (AvgIpc) is 1.81. The second kappa shape index (κ2) is 5.24. The second-order valence-corrected chi connectivity index (χ2v) is 0.769. The Kier molecular flexibility index (Phi) is 4.09. The summed E-state index contributed by atoms with van der Waals surface area (Å²) in [4.78, 5) is 0. The normalized spacial score (nSPS) is 3.25. The highest BCUT2D eigenvalue weighted by molar-refractivity contribution is 5.37. The summed E-state index contributed by atoms with van der Waals surface area (Å²) in [5.41, 5.74) is 0. The van der Waals surface area contributed by atoms with Gasteiger partial charge >= 0.3 is 0 Å². The molecule has 0 radical (unpaired) electrons. The monoisotopic (exact) mass is 97.0 g/mol. The molecular formula is C8H-. The van der Waals surface area contributed by atoms with Crippen LogP contribution in [0.3, 0.4) is 0 Å². The Balaban J connectivity index is 3.85. The van der Waals surface area contributed by atoms with Gasteiger partial charge in [0.15, 0.2) is 0 Å². The van der Waals surface area contributed by atoms with Crippen LogP contribution >= 0.6 is 0 Å². The standard InChI is InChI=1S/C8H/c1-3-5-7-8-6-4-2/h1H/q-1. The summed E-state index contributed by atoms with van der Waals surface area (Å²) in [6.07, 6.45) is 11.0. The highest BCUT2D eigenvalue weighted by Gasteiger charge is 1.41. The molecule has 0 unspecified atom stereocenters. The van der Waals surface area contributed by atoms with Crippen LogP contribution < -0.4 is 0 Å². The molecule has 0 amide bonds. The second-order valence-electron chi connectivity index (χ2n) is 0.769. The molecular weight excluding hydrogens is 96.1 g/mol. The van der Waals surface area contributed by atoms with Crippen molar-refractivity contribution in [3.05, 3.63) is 6.42 Å². The molecule has 0 saturated carbocycles. The molecule has 0 rings (SSSR count). The van der Waals surface area contributed by atoms with Crippen molar-refractivity contribution in [2.75, 3.05) is 0 Å². The smallest absolute Gasteiger partial charge is 0.00301 e. The summed E-state index contributed by atoms with van der Waals surface area (Å²) in [6, 6.07) is 0. The summed E-state index contributed by atoms with van der Waals surface area (Å²) >= 11 is 0. The van der Waals surface area contributed by atoms with Gasteiger partial charge < -0.3 is 6.42 Å². The Morgan fingerprint density at radius 3 is 2.12 bits per heavy atom. The molecule has 8 heavy (non-hydrogen) atoms. The zero-order valence-electron chi connectivity index (χ0n) is 4.08. The van der Waals surface area contributed by atoms with Gasteiger partial charge in [0.2, 0.25) is 0 Å². The molecule has 0 spiro atoms. The van der Waals surface area contributed by atoms with Crippen molar-refractivity contribution in [3.63, 3.8) is 0 Å². The van der Waals surface area contributed by atoms with E-state index in [0.717, 1.165) is 0 Å². The van der Waals surface area contributed by atoms with Crippen LogP contribution in [0.25, 0.3) is 0 Å². The first-order chi connectivity index (χ1) is 3.91. The van der Waals surface area contributed by atoms with Crippen LogP contribution in [0.4, 0.5) is 0 Å². The maximum absolute atomic E-state index is 6.30. The molecule has 0 aliphatic carbocycles. The molecule has 34 valence electrons. The van der Waals surface area contributed by atoms with Gasteiger partial charge in [0, 0.05) is 0 Å². The number of hydrogen-bond donors (Lipinski definition) is 0. The lowest BCUT2D eigenvalue weighted by Crippen LogP contribution is -1.48. The minimum atomic E-state index is 1.84. The van der Waals surface area contributed by atoms with Gasteiger partial charge in [-0.1, -0.05) is 0 Å². The van der Waals surface area contributed by atoms with Gasteiger partial charge in [-0.05, 0) is 17.8 Å². The third kappa shape index (κ3) is 4.24. The Bertz CT molecular complexity index is 217. The topological polar surface area (TPSA) is 0 Å². The van der Waals surface area contributed by atoms with Gasteiger partial charge in [0.25, 0.3) is 0 Å². The zero-order valence-corrected chi connectivity index (χ0v) is 4.08. The largest absolute Gasteiger partial charge is 0.358 e. The third-order valence-electron chi connectivity index (χ3n) is 0.322. The predicted octanol–water partition coefficient (Wildman–Crippen LogP) is 0.216. The highest BCUT2D eigenvalue weighted by atomic mass is 13.5. The zero-order chi connectivity index (χ0) is 6.24. The molecule has 0 aromatic carbocycles. The van der Waals surface area contributed by atoms with E-state index in [1.54, 1.807) is 0 Å². The van der Waals surface area contributed by atoms with E-state index >= 15 is 0 Å². The molecule has 0 aromatic heterocycles. The summed E-state index contributed by atoms with van der Waals surface area (Å²) in [7, 11) is 0. The summed E-state index contributed by atoms with van der Waals surface area (Å²) < 4.78 is 0. The molecule has 0 fully saturated rings. The van der Waals surface area contributed by atoms with Crippen molar-refractivity contribution in [1.82, 2.24) is 0 Å². The quantitative estimate of drug-likeness (QED) is 0.299. The molecule has 0 N–H and O–H groups in total. The van der Waals surface area contributed by atoms with Crippen molar-refractivity contribution < 1.29 is 0 Å². The van der Waals surface area contributed by atoms with Crippen LogP contribution in [-0.2, 0) is 0 Å². The third-order valence-corrected chi connectivity index (χ3v) is 0.322. The molecule has 0 aromatic rings. The number of hydrogen-bond acceptors (Lipinski definition) is 0. The van der Waals surface area contributed by atoms with Gasteiger partial charge in [-0.15, -0.1) is 12.3 Å². The SMILES string of the molecule is [C-]#CC#CC#CC#C.